The van der Waals surface area contributed by atoms with Gasteiger partial charge < -0.3 is 20.1 Å². The van der Waals surface area contributed by atoms with Crippen molar-refractivity contribution in [3.05, 3.63) is 24.0 Å². The molecule has 10 heteroatoms. The molecule has 1 aliphatic heterocycles. The van der Waals surface area contributed by atoms with E-state index in [-0.39, 0.29) is 18.3 Å². The molecule has 1 aliphatic carbocycles. The van der Waals surface area contributed by atoms with Crippen molar-refractivity contribution in [3.8, 4) is 11.4 Å². The first kappa shape index (κ1) is 21.5. The molecule has 4 rings (SSSR count). The first-order valence-corrected chi connectivity index (χ1v) is 9.65. The van der Waals surface area contributed by atoms with Crippen LogP contribution in [0.15, 0.2) is 18.2 Å². The van der Waals surface area contributed by atoms with Crippen molar-refractivity contribution in [2.75, 3.05) is 39.2 Å². The summed E-state index contributed by atoms with van der Waals surface area (Å²) in [5.41, 5.74) is 0.888. The van der Waals surface area contributed by atoms with Gasteiger partial charge in [0.2, 0.25) is 5.91 Å². The number of aromatic nitrogens is 4. The molecule has 1 aromatic heterocycles. The number of anilines is 1. The van der Waals surface area contributed by atoms with E-state index < -0.39 is 5.41 Å². The largest absolute Gasteiger partial charge is 0.494 e. The molecule has 1 amide bonds. The average molecular weight is 423 g/mol. The van der Waals surface area contributed by atoms with E-state index in [1.807, 2.05) is 18.2 Å². The Morgan fingerprint density at radius 1 is 1.31 bits per heavy atom. The van der Waals surface area contributed by atoms with Crippen LogP contribution < -0.4 is 15.4 Å². The Hall–Kier alpha value is -2.23. The Bertz CT molecular complexity index is 843. The van der Waals surface area contributed by atoms with E-state index >= 15 is 0 Å². The van der Waals surface area contributed by atoms with Gasteiger partial charge in [0.15, 0.2) is 5.82 Å². The zero-order valence-corrected chi connectivity index (χ0v) is 17.5. The van der Waals surface area contributed by atoms with E-state index in [0.717, 1.165) is 50.3 Å². The van der Waals surface area contributed by atoms with Crippen molar-refractivity contribution in [1.29, 1.82) is 0 Å². The number of carbonyl (C=O) groups excluding carboxylic acids is 1. The van der Waals surface area contributed by atoms with Crippen LogP contribution in [0.3, 0.4) is 0 Å². The van der Waals surface area contributed by atoms with Crippen molar-refractivity contribution in [2.24, 2.45) is 5.41 Å². The molecule has 2 heterocycles. The molecule has 1 saturated heterocycles. The fraction of sp³-hybridized carbons (Fsp3) is 0.579. The van der Waals surface area contributed by atoms with Gasteiger partial charge in [-0.05, 0) is 67.4 Å². The molecule has 2 fully saturated rings. The van der Waals surface area contributed by atoms with E-state index in [0.29, 0.717) is 24.0 Å². The van der Waals surface area contributed by atoms with Gasteiger partial charge in [-0.25, -0.2) is 0 Å². The minimum Gasteiger partial charge on any atom is -0.494 e. The Morgan fingerprint density at radius 3 is 2.72 bits per heavy atom. The Kier molecular flexibility index (Phi) is 6.71. The number of tetrazole rings is 1. The van der Waals surface area contributed by atoms with Gasteiger partial charge in [0, 0.05) is 18.7 Å². The van der Waals surface area contributed by atoms with Crippen LogP contribution >= 0.6 is 12.4 Å². The van der Waals surface area contributed by atoms with Crippen molar-refractivity contribution in [3.63, 3.8) is 0 Å². The maximum Gasteiger partial charge on any atom is 0.233 e. The molecule has 0 spiro atoms. The van der Waals surface area contributed by atoms with Gasteiger partial charge in [0.25, 0.3) is 0 Å². The average Bonchev–Trinajstić information content (AvgIpc) is 3.45. The molecule has 0 bridgehead atoms. The lowest BCUT2D eigenvalue weighted by Gasteiger charge is -2.35. The number of nitrogens with one attached hydrogen (secondary N) is 2. The topological polar surface area (TPSA) is 103 Å². The highest BCUT2D eigenvalue weighted by Gasteiger charge is 2.39. The third kappa shape index (κ3) is 4.36. The zero-order chi connectivity index (χ0) is 19.6. The smallest absolute Gasteiger partial charge is 0.233 e. The predicted octanol–water partition coefficient (Wildman–Crippen LogP) is 1.92. The molecule has 2 N–H and O–H groups in total. The van der Waals surface area contributed by atoms with Crippen LogP contribution in [0.2, 0.25) is 0 Å². The van der Waals surface area contributed by atoms with Crippen molar-refractivity contribution >= 4 is 24.0 Å². The van der Waals surface area contributed by atoms with Crippen LogP contribution in [0.25, 0.3) is 5.69 Å². The normalized spacial score (nSPS) is 18.0. The maximum atomic E-state index is 13.1. The highest BCUT2D eigenvalue weighted by molar-refractivity contribution is 5.96. The van der Waals surface area contributed by atoms with E-state index in [1.54, 1.807) is 18.9 Å². The fourth-order valence-electron chi connectivity index (χ4n) is 3.78. The zero-order valence-electron chi connectivity index (χ0n) is 16.7. The Balaban J connectivity index is 0.00000240. The second kappa shape index (κ2) is 9.06. The summed E-state index contributed by atoms with van der Waals surface area (Å²) in [4.78, 5) is 13.1. The summed E-state index contributed by atoms with van der Waals surface area (Å²) < 4.78 is 12.6. The first-order valence-electron chi connectivity index (χ1n) is 9.65. The number of amides is 1. The van der Waals surface area contributed by atoms with Crippen LogP contribution in [0, 0.1) is 5.41 Å². The number of hydrogen-bond acceptors (Lipinski definition) is 7. The lowest BCUT2D eigenvalue weighted by Crippen LogP contribution is -2.47. The molecule has 0 unspecified atom stereocenters. The SMILES string of the molecule is COCC1(C(=O)Nc2ccc(OC)c(-n3nnnc3C3CC3)c2)CCNCC1.Cl. The fourth-order valence-corrected chi connectivity index (χ4v) is 3.78. The number of halogens is 1. The number of piperidine rings is 1. The van der Waals surface area contributed by atoms with E-state index in [4.69, 9.17) is 9.47 Å². The number of carbonyl (C=O) groups is 1. The summed E-state index contributed by atoms with van der Waals surface area (Å²) in [7, 11) is 3.25. The van der Waals surface area contributed by atoms with Crippen molar-refractivity contribution < 1.29 is 14.3 Å². The summed E-state index contributed by atoms with van der Waals surface area (Å²) in [5, 5.41) is 18.5. The highest BCUT2D eigenvalue weighted by Crippen LogP contribution is 2.40. The van der Waals surface area contributed by atoms with Crippen molar-refractivity contribution in [1.82, 2.24) is 25.5 Å². The quantitative estimate of drug-likeness (QED) is 0.702. The van der Waals surface area contributed by atoms with E-state index in [2.05, 4.69) is 26.2 Å². The van der Waals surface area contributed by atoms with E-state index in [1.165, 1.54) is 0 Å². The molecule has 0 atom stereocenters. The summed E-state index contributed by atoms with van der Waals surface area (Å²) in [5.74, 6) is 1.85. The molecule has 2 aliphatic rings. The van der Waals surface area contributed by atoms with Gasteiger partial charge in [-0.3, -0.25) is 4.79 Å². The number of benzene rings is 1. The van der Waals surface area contributed by atoms with Crippen LogP contribution in [0.4, 0.5) is 5.69 Å². The molecule has 1 saturated carbocycles. The van der Waals surface area contributed by atoms with Gasteiger partial charge in [-0.2, -0.15) is 4.68 Å². The van der Waals surface area contributed by atoms with Gasteiger partial charge in [0.1, 0.15) is 11.4 Å². The molecular formula is C19H27ClN6O3. The molecular weight excluding hydrogens is 396 g/mol. The van der Waals surface area contributed by atoms with Crippen LogP contribution in [0.5, 0.6) is 5.75 Å². The van der Waals surface area contributed by atoms with Crippen LogP contribution in [-0.2, 0) is 9.53 Å². The summed E-state index contributed by atoms with van der Waals surface area (Å²) in [6, 6.07) is 5.53. The lowest BCUT2D eigenvalue weighted by atomic mass is 9.78. The number of hydrogen-bond donors (Lipinski definition) is 2. The van der Waals surface area contributed by atoms with E-state index in [9.17, 15) is 4.79 Å². The third-order valence-electron chi connectivity index (χ3n) is 5.56. The number of nitrogens with zero attached hydrogens (tertiary/aromatic N) is 4. The standard InChI is InChI=1S/C19H26N6O3.ClH/c1-27-12-19(7-9-20-10-8-19)18(26)21-14-5-6-16(28-2)15(11-14)25-17(13-3-4-13)22-23-24-25;/h5-6,11,13,20H,3-4,7-10,12H2,1-2H3,(H,21,26);1H. The number of ether oxygens (including phenoxy) is 2. The van der Waals surface area contributed by atoms with Crippen LogP contribution in [0.1, 0.15) is 37.4 Å². The number of methoxy groups -OCH3 is 2. The minimum absolute atomic E-state index is 0. The predicted molar refractivity (Wildman–Crippen MR) is 110 cm³/mol. The lowest BCUT2D eigenvalue weighted by molar-refractivity contribution is -0.130. The molecule has 29 heavy (non-hydrogen) atoms. The minimum atomic E-state index is -0.520. The van der Waals surface area contributed by atoms with Gasteiger partial charge in [-0.1, -0.05) is 0 Å². The second-order valence-electron chi connectivity index (χ2n) is 7.53. The van der Waals surface area contributed by atoms with Crippen LogP contribution in [-0.4, -0.2) is 60.0 Å². The second-order valence-corrected chi connectivity index (χ2v) is 7.53. The summed E-state index contributed by atoms with van der Waals surface area (Å²) in [6.45, 7) is 2.02. The third-order valence-corrected chi connectivity index (χ3v) is 5.56. The Morgan fingerprint density at radius 2 is 2.07 bits per heavy atom. The molecule has 158 valence electrons. The molecule has 9 nitrogen and oxygen atoms in total. The van der Waals surface area contributed by atoms with Gasteiger partial charge in [-0.15, -0.1) is 17.5 Å². The first-order chi connectivity index (χ1) is 13.7. The molecule has 1 aromatic carbocycles. The van der Waals surface area contributed by atoms with Gasteiger partial charge in [0.05, 0.1) is 19.1 Å². The van der Waals surface area contributed by atoms with Gasteiger partial charge >= 0.3 is 0 Å². The van der Waals surface area contributed by atoms with Crippen molar-refractivity contribution in [2.45, 2.75) is 31.6 Å². The summed E-state index contributed by atoms with van der Waals surface area (Å²) in [6.07, 6.45) is 3.67. The highest BCUT2D eigenvalue weighted by atomic mass is 35.5. The molecule has 2 aromatic rings. The summed E-state index contributed by atoms with van der Waals surface area (Å²) >= 11 is 0. The number of rotatable bonds is 7. The maximum absolute atomic E-state index is 13.1. The molecule has 0 radical (unpaired) electrons. The Labute approximate surface area is 175 Å². The monoisotopic (exact) mass is 422 g/mol.